The molecule has 6 nitrogen and oxygen atoms in total. The SMILES string of the molecule is CN=C(NCCNc1nc2ccccc2s1)NCC1CCCO1. The fourth-order valence-electron chi connectivity index (χ4n) is 2.53. The van der Waals surface area contributed by atoms with Crippen LogP contribution in [0.25, 0.3) is 10.2 Å². The van der Waals surface area contributed by atoms with Crippen molar-refractivity contribution in [3.05, 3.63) is 24.3 Å². The standard InChI is InChI=1S/C16H23N5OS/c1-17-15(20-11-12-5-4-10-22-12)18-8-9-19-16-21-13-6-2-3-7-14(13)23-16/h2-3,6-7,12H,4-5,8-11H2,1H3,(H,19,21)(H2,17,18,20). The van der Waals surface area contributed by atoms with E-state index >= 15 is 0 Å². The quantitative estimate of drug-likeness (QED) is 0.429. The second-order valence-electron chi connectivity index (χ2n) is 5.43. The predicted octanol–water partition coefficient (Wildman–Crippen LogP) is 2.05. The van der Waals surface area contributed by atoms with E-state index in [-0.39, 0.29) is 0 Å². The lowest BCUT2D eigenvalue weighted by molar-refractivity contribution is 0.114. The molecule has 0 spiro atoms. The van der Waals surface area contributed by atoms with Crippen molar-refractivity contribution in [2.75, 3.05) is 38.6 Å². The van der Waals surface area contributed by atoms with Crippen LogP contribution in [0.15, 0.2) is 29.3 Å². The zero-order valence-electron chi connectivity index (χ0n) is 13.3. The van der Waals surface area contributed by atoms with Crippen molar-refractivity contribution in [2.24, 2.45) is 4.99 Å². The summed E-state index contributed by atoms with van der Waals surface area (Å²) in [5.41, 5.74) is 1.04. The van der Waals surface area contributed by atoms with Crippen LogP contribution >= 0.6 is 11.3 Å². The highest BCUT2D eigenvalue weighted by molar-refractivity contribution is 7.22. The molecule has 1 fully saturated rings. The lowest BCUT2D eigenvalue weighted by Gasteiger charge is -2.15. The summed E-state index contributed by atoms with van der Waals surface area (Å²) in [5, 5.41) is 10.9. The number of thiazole rings is 1. The Balaban J connectivity index is 1.37. The van der Waals surface area contributed by atoms with Crippen LogP contribution in [0, 0.1) is 0 Å². The molecule has 1 aromatic carbocycles. The largest absolute Gasteiger partial charge is 0.376 e. The number of benzene rings is 1. The molecule has 0 saturated carbocycles. The molecule has 0 aliphatic carbocycles. The monoisotopic (exact) mass is 333 g/mol. The van der Waals surface area contributed by atoms with E-state index in [1.807, 2.05) is 18.2 Å². The number of hydrogen-bond acceptors (Lipinski definition) is 5. The summed E-state index contributed by atoms with van der Waals surface area (Å²) in [6.45, 7) is 3.26. The summed E-state index contributed by atoms with van der Waals surface area (Å²) in [6, 6.07) is 8.17. The third kappa shape index (κ3) is 4.56. The van der Waals surface area contributed by atoms with Gasteiger partial charge in [-0.15, -0.1) is 0 Å². The zero-order valence-corrected chi connectivity index (χ0v) is 14.2. The average molecular weight is 333 g/mol. The minimum atomic E-state index is 0.314. The van der Waals surface area contributed by atoms with Gasteiger partial charge in [-0.1, -0.05) is 23.5 Å². The first kappa shape index (κ1) is 16.0. The number of aliphatic imine (C=N–C) groups is 1. The maximum Gasteiger partial charge on any atom is 0.191 e. The van der Waals surface area contributed by atoms with E-state index in [4.69, 9.17) is 4.74 Å². The molecule has 1 atom stereocenters. The van der Waals surface area contributed by atoms with E-state index in [0.717, 1.165) is 55.7 Å². The molecule has 1 aliphatic heterocycles. The van der Waals surface area contributed by atoms with Gasteiger partial charge in [-0.05, 0) is 25.0 Å². The molecule has 0 bridgehead atoms. The number of para-hydroxylation sites is 1. The minimum absolute atomic E-state index is 0.314. The van der Waals surface area contributed by atoms with Crippen molar-refractivity contribution in [3.63, 3.8) is 0 Å². The Kier molecular flexibility index (Phi) is 5.65. The molecular weight excluding hydrogens is 310 g/mol. The third-order valence-corrected chi connectivity index (χ3v) is 4.73. The summed E-state index contributed by atoms with van der Waals surface area (Å²) < 4.78 is 6.80. The van der Waals surface area contributed by atoms with E-state index in [1.54, 1.807) is 18.4 Å². The fraction of sp³-hybridized carbons (Fsp3) is 0.500. The van der Waals surface area contributed by atoms with Crippen LogP contribution in [-0.2, 0) is 4.74 Å². The van der Waals surface area contributed by atoms with Crippen LogP contribution in [-0.4, -0.2) is 50.3 Å². The molecule has 2 aromatic rings. The van der Waals surface area contributed by atoms with Gasteiger partial charge in [0.25, 0.3) is 0 Å². The van der Waals surface area contributed by atoms with Crippen molar-refractivity contribution in [1.29, 1.82) is 0 Å². The molecule has 1 unspecified atom stereocenters. The van der Waals surface area contributed by atoms with Gasteiger partial charge in [0.1, 0.15) is 0 Å². The lowest BCUT2D eigenvalue weighted by Crippen LogP contribution is -2.42. The molecule has 2 heterocycles. The number of ether oxygens (including phenoxy) is 1. The summed E-state index contributed by atoms with van der Waals surface area (Å²) >= 11 is 1.68. The van der Waals surface area contributed by atoms with Crippen LogP contribution in [0.5, 0.6) is 0 Å². The molecule has 124 valence electrons. The Morgan fingerprint density at radius 2 is 2.26 bits per heavy atom. The molecular formula is C16H23N5OS. The van der Waals surface area contributed by atoms with Crippen LogP contribution < -0.4 is 16.0 Å². The highest BCUT2D eigenvalue weighted by atomic mass is 32.1. The normalized spacial score (nSPS) is 18.3. The van der Waals surface area contributed by atoms with Gasteiger partial charge >= 0.3 is 0 Å². The number of hydrogen-bond donors (Lipinski definition) is 3. The van der Waals surface area contributed by atoms with Gasteiger partial charge in [0, 0.05) is 33.3 Å². The summed E-state index contributed by atoms with van der Waals surface area (Å²) in [4.78, 5) is 8.78. The smallest absolute Gasteiger partial charge is 0.191 e. The van der Waals surface area contributed by atoms with Crippen molar-refractivity contribution in [2.45, 2.75) is 18.9 Å². The van der Waals surface area contributed by atoms with E-state index in [0.29, 0.717) is 6.10 Å². The van der Waals surface area contributed by atoms with E-state index in [2.05, 4.69) is 32.0 Å². The van der Waals surface area contributed by atoms with Crippen LogP contribution in [0.4, 0.5) is 5.13 Å². The summed E-state index contributed by atoms with van der Waals surface area (Å²) in [7, 11) is 1.78. The van der Waals surface area contributed by atoms with Gasteiger partial charge in [0.05, 0.1) is 16.3 Å². The van der Waals surface area contributed by atoms with Gasteiger partial charge in [-0.3, -0.25) is 4.99 Å². The minimum Gasteiger partial charge on any atom is -0.376 e. The third-order valence-electron chi connectivity index (χ3n) is 3.73. The second-order valence-corrected chi connectivity index (χ2v) is 6.46. The maximum atomic E-state index is 5.60. The van der Waals surface area contributed by atoms with Crippen molar-refractivity contribution >= 4 is 32.6 Å². The zero-order chi connectivity index (χ0) is 15.9. The topological polar surface area (TPSA) is 70.6 Å². The van der Waals surface area contributed by atoms with Gasteiger partial charge in [-0.25, -0.2) is 4.98 Å². The molecule has 3 rings (SSSR count). The van der Waals surface area contributed by atoms with Crippen molar-refractivity contribution in [3.8, 4) is 0 Å². The van der Waals surface area contributed by atoms with E-state index in [1.165, 1.54) is 4.70 Å². The molecule has 3 N–H and O–H groups in total. The number of nitrogens with zero attached hydrogens (tertiary/aromatic N) is 2. The Labute approximate surface area is 140 Å². The van der Waals surface area contributed by atoms with Gasteiger partial charge in [-0.2, -0.15) is 0 Å². The number of anilines is 1. The number of rotatable bonds is 6. The molecule has 23 heavy (non-hydrogen) atoms. The molecule has 1 aliphatic rings. The van der Waals surface area contributed by atoms with Crippen LogP contribution in [0.2, 0.25) is 0 Å². The van der Waals surface area contributed by atoms with Crippen LogP contribution in [0.1, 0.15) is 12.8 Å². The summed E-state index contributed by atoms with van der Waals surface area (Å²) in [5.74, 6) is 0.812. The second kappa shape index (κ2) is 8.12. The maximum absolute atomic E-state index is 5.60. The first-order valence-electron chi connectivity index (χ1n) is 8.01. The molecule has 1 saturated heterocycles. The summed E-state index contributed by atoms with van der Waals surface area (Å²) in [6.07, 6.45) is 2.60. The van der Waals surface area contributed by atoms with E-state index in [9.17, 15) is 0 Å². The van der Waals surface area contributed by atoms with Gasteiger partial charge in [0.15, 0.2) is 11.1 Å². The van der Waals surface area contributed by atoms with Crippen molar-refractivity contribution in [1.82, 2.24) is 15.6 Å². The van der Waals surface area contributed by atoms with Crippen molar-refractivity contribution < 1.29 is 4.74 Å². The number of aromatic nitrogens is 1. The first-order valence-corrected chi connectivity index (χ1v) is 8.82. The van der Waals surface area contributed by atoms with Crippen LogP contribution in [0.3, 0.4) is 0 Å². The Bertz CT molecular complexity index is 618. The van der Waals surface area contributed by atoms with Gasteiger partial charge in [0.2, 0.25) is 0 Å². The lowest BCUT2D eigenvalue weighted by atomic mass is 10.2. The molecule has 0 amide bonds. The molecule has 7 heteroatoms. The van der Waals surface area contributed by atoms with Gasteiger partial charge < -0.3 is 20.7 Å². The first-order chi connectivity index (χ1) is 11.3. The molecule has 1 aromatic heterocycles. The Hall–Kier alpha value is -1.86. The molecule has 0 radical (unpaired) electrons. The Morgan fingerprint density at radius 3 is 3.04 bits per heavy atom. The average Bonchev–Trinajstić information content (AvgIpc) is 3.23. The number of guanidine groups is 1. The fourth-order valence-corrected chi connectivity index (χ4v) is 3.43. The predicted molar refractivity (Wildman–Crippen MR) is 96.4 cm³/mol. The highest BCUT2D eigenvalue weighted by Gasteiger charge is 2.15. The number of fused-ring (bicyclic) bond motifs is 1. The Morgan fingerprint density at radius 1 is 1.35 bits per heavy atom. The van der Waals surface area contributed by atoms with E-state index < -0.39 is 0 Å². The highest BCUT2D eigenvalue weighted by Crippen LogP contribution is 2.24. The number of nitrogens with one attached hydrogen (secondary N) is 3.